The van der Waals surface area contributed by atoms with Crippen LogP contribution in [0.1, 0.15) is 25.0 Å². The first-order valence-electron chi connectivity index (χ1n) is 9.91. The molecule has 3 heterocycles. The van der Waals surface area contributed by atoms with E-state index in [9.17, 15) is 9.59 Å². The SMILES string of the molecule is CC1(C)Oc2cc3oc(=O)ccc3cc2C[C@H]1OC(=O)/C=C/c1ccc2c(c1)OCO2. The van der Waals surface area contributed by atoms with Gasteiger partial charge in [0.25, 0.3) is 0 Å². The first-order chi connectivity index (χ1) is 14.9. The van der Waals surface area contributed by atoms with Crippen LogP contribution in [0.25, 0.3) is 17.0 Å². The second kappa shape index (κ2) is 7.19. The summed E-state index contributed by atoms with van der Waals surface area (Å²) in [6.45, 7) is 3.92. The van der Waals surface area contributed by atoms with E-state index in [0.29, 0.717) is 29.3 Å². The van der Waals surface area contributed by atoms with E-state index in [1.165, 1.54) is 12.1 Å². The molecule has 0 aliphatic carbocycles. The van der Waals surface area contributed by atoms with Crippen molar-refractivity contribution >= 4 is 23.0 Å². The largest absolute Gasteiger partial charge is 0.484 e. The summed E-state index contributed by atoms with van der Waals surface area (Å²) in [5, 5.41) is 0.787. The van der Waals surface area contributed by atoms with Gasteiger partial charge >= 0.3 is 11.6 Å². The number of ether oxygens (including phenoxy) is 4. The molecule has 7 heteroatoms. The lowest BCUT2D eigenvalue weighted by molar-refractivity contribution is -0.155. The molecular weight excluding hydrogens is 400 g/mol. The maximum atomic E-state index is 12.5. The molecule has 0 saturated heterocycles. The second-order valence-corrected chi connectivity index (χ2v) is 8.03. The van der Waals surface area contributed by atoms with E-state index in [0.717, 1.165) is 16.5 Å². The number of hydrogen-bond acceptors (Lipinski definition) is 7. The number of rotatable bonds is 3. The zero-order valence-electron chi connectivity index (χ0n) is 17.0. The molecule has 0 spiro atoms. The van der Waals surface area contributed by atoms with Gasteiger partial charge in [-0.1, -0.05) is 6.07 Å². The van der Waals surface area contributed by atoms with Gasteiger partial charge in [-0.05, 0) is 55.3 Å². The quantitative estimate of drug-likeness (QED) is 0.361. The van der Waals surface area contributed by atoms with Crippen LogP contribution >= 0.6 is 0 Å². The summed E-state index contributed by atoms with van der Waals surface area (Å²) in [5.41, 5.74) is 0.988. The van der Waals surface area contributed by atoms with Crippen LogP contribution in [-0.4, -0.2) is 24.5 Å². The van der Waals surface area contributed by atoms with Gasteiger partial charge in [0.15, 0.2) is 11.5 Å². The third-order valence-electron chi connectivity index (χ3n) is 5.42. The van der Waals surface area contributed by atoms with Gasteiger partial charge in [-0.2, -0.15) is 0 Å². The van der Waals surface area contributed by atoms with E-state index in [1.54, 1.807) is 30.3 Å². The van der Waals surface area contributed by atoms with E-state index < -0.39 is 23.3 Å². The van der Waals surface area contributed by atoms with Crippen LogP contribution in [-0.2, 0) is 16.0 Å². The summed E-state index contributed by atoms with van der Waals surface area (Å²) in [7, 11) is 0. The molecular formula is C24H20O7. The molecule has 0 unspecified atom stereocenters. The van der Waals surface area contributed by atoms with Gasteiger partial charge < -0.3 is 23.4 Å². The van der Waals surface area contributed by atoms with Gasteiger partial charge in [0.2, 0.25) is 6.79 Å². The smallest absolute Gasteiger partial charge is 0.336 e. The van der Waals surface area contributed by atoms with Crippen molar-refractivity contribution in [3.63, 3.8) is 0 Å². The van der Waals surface area contributed by atoms with Crippen molar-refractivity contribution in [3.8, 4) is 17.2 Å². The molecule has 0 fully saturated rings. The molecule has 1 atom stereocenters. The lowest BCUT2D eigenvalue weighted by atomic mass is 9.90. The predicted octanol–water partition coefficient (Wildman–Crippen LogP) is 3.86. The monoisotopic (exact) mass is 420 g/mol. The molecule has 158 valence electrons. The molecule has 1 aromatic heterocycles. The van der Waals surface area contributed by atoms with Gasteiger partial charge in [-0.15, -0.1) is 0 Å². The fourth-order valence-corrected chi connectivity index (χ4v) is 3.74. The average Bonchev–Trinajstić information content (AvgIpc) is 3.19. The molecule has 5 rings (SSSR count). The van der Waals surface area contributed by atoms with E-state index in [-0.39, 0.29) is 6.79 Å². The number of benzene rings is 2. The standard InChI is InChI=1S/C24H20O7/c1-24(2)21(11-16-10-15-5-8-22(25)29-18(15)12-19(16)31-24)30-23(26)7-4-14-3-6-17-20(9-14)28-13-27-17/h3-10,12,21H,11,13H2,1-2H3/b7-4+/t21-/m1/s1. The van der Waals surface area contributed by atoms with E-state index in [2.05, 4.69) is 0 Å². The molecule has 2 aliphatic heterocycles. The third-order valence-corrected chi connectivity index (χ3v) is 5.42. The Morgan fingerprint density at radius 2 is 1.90 bits per heavy atom. The Bertz CT molecular complexity index is 1270. The Hall–Kier alpha value is -3.74. The van der Waals surface area contributed by atoms with Gasteiger partial charge in [-0.3, -0.25) is 0 Å². The fraction of sp³-hybridized carbons (Fsp3) is 0.250. The molecule has 2 aromatic carbocycles. The Morgan fingerprint density at radius 3 is 2.77 bits per heavy atom. The van der Waals surface area contributed by atoms with Crippen molar-refractivity contribution < 1.29 is 28.2 Å². The third kappa shape index (κ3) is 3.74. The molecule has 2 aliphatic rings. The van der Waals surface area contributed by atoms with Crippen molar-refractivity contribution in [3.05, 3.63) is 70.1 Å². The van der Waals surface area contributed by atoms with Crippen molar-refractivity contribution in [2.75, 3.05) is 6.79 Å². The maximum Gasteiger partial charge on any atom is 0.336 e. The highest BCUT2D eigenvalue weighted by Crippen LogP contribution is 2.37. The first-order valence-corrected chi connectivity index (χ1v) is 9.91. The maximum absolute atomic E-state index is 12.5. The number of carbonyl (C=O) groups is 1. The lowest BCUT2D eigenvalue weighted by Gasteiger charge is -2.39. The Kier molecular flexibility index (Phi) is 4.46. The normalized spacial score (nSPS) is 18.6. The van der Waals surface area contributed by atoms with E-state index in [4.69, 9.17) is 23.4 Å². The van der Waals surface area contributed by atoms with Crippen LogP contribution in [0.2, 0.25) is 0 Å². The van der Waals surface area contributed by atoms with Crippen LogP contribution in [0.4, 0.5) is 0 Å². The number of fused-ring (bicyclic) bond motifs is 3. The van der Waals surface area contributed by atoms with Crippen LogP contribution < -0.4 is 19.8 Å². The summed E-state index contributed by atoms with van der Waals surface area (Å²) < 4.78 is 27.7. The summed E-state index contributed by atoms with van der Waals surface area (Å²) >= 11 is 0. The topological polar surface area (TPSA) is 84.2 Å². The number of esters is 1. The molecule has 0 saturated carbocycles. The Labute approximate surface area is 177 Å². The lowest BCUT2D eigenvalue weighted by Crippen LogP contribution is -2.48. The predicted molar refractivity (Wildman–Crippen MR) is 112 cm³/mol. The molecule has 0 amide bonds. The molecule has 7 nitrogen and oxygen atoms in total. The highest BCUT2D eigenvalue weighted by atomic mass is 16.7. The van der Waals surface area contributed by atoms with Gasteiger partial charge in [-0.25, -0.2) is 9.59 Å². The summed E-state index contributed by atoms with van der Waals surface area (Å²) in [6, 6.07) is 12.1. The van der Waals surface area contributed by atoms with E-state index in [1.807, 2.05) is 26.0 Å². The molecule has 31 heavy (non-hydrogen) atoms. The minimum Gasteiger partial charge on any atom is -0.484 e. The van der Waals surface area contributed by atoms with Gasteiger partial charge in [0.1, 0.15) is 23.0 Å². The van der Waals surface area contributed by atoms with Crippen LogP contribution in [0.15, 0.2) is 57.8 Å². The van der Waals surface area contributed by atoms with Crippen molar-refractivity contribution in [2.45, 2.75) is 32.0 Å². The highest BCUT2D eigenvalue weighted by Gasteiger charge is 2.39. The zero-order chi connectivity index (χ0) is 21.6. The molecule has 0 radical (unpaired) electrons. The summed E-state index contributed by atoms with van der Waals surface area (Å²) in [5.74, 6) is 1.49. The fourth-order valence-electron chi connectivity index (χ4n) is 3.74. The van der Waals surface area contributed by atoms with Crippen molar-refractivity contribution in [1.29, 1.82) is 0 Å². The first kappa shape index (κ1) is 19.2. The zero-order valence-corrected chi connectivity index (χ0v) is 17.0. The van der Waals surface area contributed by atoms with Gasteiger partial charge in [0.05, 0.1) is 0 Å². The molecule has 3 aromatic rings. The second-order valence-electron chi connectivity index (χ2n) is 8.03. The molecule has 0 N–H and O–H groups in total. The molecule has 0 bridgehead atoms. The number of hydrogen-bond donors (Lipinski definition) is 0. The van der Waals surface area contributed by atoms with Crippen LogP contribution in [0.5, 0.6) is 17.2 Å². The Balaban J connectivity index is 1.34. The highest BCUT2D eigenvalue weighted by molar-refractivity contribution is 5.87. The summed E-state index contributed by atoms with van der Waals surface area (Å²) in [6.07, 6.45) is 3.06. The van der Waals surface area contributed by atoms with Crippen LogP contribution in [0.3, 0.4) is 0 Å². The van der Waals surface area contributed by atoms with Crippen LogP contribution in [0, 0.1) is 0 Å². The van der Waals surface area contributed by atoms with Gasteiger partial charge in [0, 0.05) is 30.0 Å². The minimum atomic E-state index is -0.752. The van der Waals surface area contributed by atoms with E-state index >= 15 is 0 Å². The number of carbonyl (C=O) groups excluding carboxylic acids is 1. The van der Waals surface area contributed by atoms with Crippen molar-refractivity contribution in [1.82, 2.24) is 0 Å². The Morgan fingerprint density at radius 1 is 1.06 bits per heavy atom. The minimum absolute atomic E-state index is 0.199. The summed E-state index contributed by atoms with van der Waals surface area (Å²) in [4.78, 5) is 24.0. The average molecular weight is 420 g/mol. The van der Waals surface area contributed by atoms with Crippen molar-refractivity contribution in [2.24, 2.45) is 0 Å².